The molecular formula is C17H19ClN2. The van der Waals surface area contributed by atoms with Gasteiger partial charge in [-0.3, -0.25) is 0 Å². The zero-order chi connectivity index (χ0) is 13.4. The highest BCUT2D eigenvalue weighted by atomic mass is 35.5. The number of fused-ring (bicyclic) bond motifs is 2. The number of hydrogen-bond acceptors (Lipinski definition) is 1. The number of anilines is 1. The number of pyridine rings is 1. The zero-order valence-corrected chi connectivity index (χ0v) is 12.8. The molecular weight excluding hydrogens is 268 g/mol. The van der Waals surface area contributed by atoms with E-state index in [0.717, 1.165) is 0 Å². The van der Waals surface area contributed by atoms with Crippen LogP contribution in [0.5, 0.6) is 0 Å². The molecule has 0 bridgehead atoms. The molecule has 0 radical (unpaired) electrons. The molecule has 2 aromatic carbocycles. The summed E-state index contributed by atoms with van der Waals surface area (Å²) in [4.78, 5) is 0. The first-order chi connectivity index (χ1) is 9.18. The van der Waals surface area contributed by atoms with Crippen LogP contribution >= 0.6 is 0 Å². The number of para-hydroxylation sites is 2. The summed E-state index contributed by atoms with van der Waals surface area (Å²) in [6.45, 7) is 4.35. The normalized spacial score (nSPS) is 10.8. The van der Waals surface area contributed by atoms with Gasteiger partial charge in [-0.2, -0.15) is 4.57 Å². The highest BCUT2D eigenvalue weighted by Crippen LogP contribution is 2.29. The highest BCUT2D eigenvalue weighted by molar-refractivity contribution is 6.04. The Morgan fingerprint density at radius 2 is 1.30 bits per heavy atom. The van der Waals surface area contributed by atoms with E-state index in [2.05, 4.69) is 79.3 Å². The van der Waals surface area contributed by atoms with E-state index in [0.29, 0.717) is 6.04 Å². The number of hydrogen-bond donors (Lipinski definition) is 1. The minimum absolute atomic E-state index is 0. The molecule has 0 unspecified atom stereocenters. The molecule has 1 N–H and O–H groups in total. The van der Waals surface area contributed by atoms with Crippen LogP contribution in [-0.4, -0.2) is 6.04 Å². The van der Waals surface area contributed by atoms with E-state index in [1.54, 1.807) is 0 Å². The van der Waals surface area contributed by atoms with Crippen molar-refractivity contribution in [3.8, 4) is 0 Å². The molecule has 104 valence electrons. The van der Waals surface area contributed by atoms with Crippen molar-refractivity contribution in [2.45, 2.75) is 19.9 Å². The molecule has 3 rings (SSSR count). The maximum Gasteiger partial charge on any atom is 0.214 e. The third-order valence-corrected chi connectivity index (χ3v) is 3.50. The summed E-state index contributed by atoms with van der Waals surface area (Å²) >= 11 is 0. The summed E-state index contributed by atoms with van der Waals surface area (Å²) in [6.07, 6.45) is 0. The lowest BCUT2D eigenvalue weighted by Crippen LogP contribution is -3.00. The van der Waals surface area contributed by atoms with Gasteiger partial charge in [0.15, 0.2) is 0 Å². The lowest BCUT2D eigenvalue weighted by Gasteiger charge is -2.14. The van der Waals surface area contributed by atoms with Gasteiger partial charge in [0.1, 0.15) is 7.05 Å². The van der Waals surface area contributed by atoms with Crippen molar-refractivity contribution >= 4 is 27.5 Å². The first-order valence-corrected chi connectivity index (χ1v) is 6.74. The standard InChI is InChI=1S/C17H18N2.ClH/c1-12(2)18-17-13-8-4-6-10-15(13)19(3)16-11-7-5-9-14(16)17;/h4-12H,1-3H3;1H. The van der Waals surface area contributed by atoms with E-state index in [4.69, 9.17) is 0 Å². The molecule has 0 saturated heterocycles. The maximum absolute atomic E-state index is 3.60. The van der Waals surface area contributed by atoms with Crippen molar-refractivity contribution in [3.05, 3.63) is 48.5 Å². The monoisotopic (exact) mass is 286 g/mol. The van der Waals surface area contributed by atoms with Crippen LogP contribution in [0.15, 0.2) is 48.5 Å². The van der Waals surface area contributed by atoms with E-state index in [1.165, 1.54) is 27.5 Å². The Hall–Kier alpha value is -1.80. The number of aromatic nitrogens is 1. The number of nitrogens with zero attached hydrogens (tertiary/aromatic N) is 1. The predicted molar refractivity (Wildman–Crippen MR) is 81.4 cm³/mol. The van der Waals surface area contributed by atoms with E-state index in [1.807, 2.05) is 0 Å². The van der Waals surface area contributed by atoms with Gasteiger partial charge >= 0.3 is 0 Å². The molecule has 0 aliphatic carbocycles. The number of rotatable bonds is 2. The van der Waals surface area contributed by atoms with Gasteiger partial charge in [-0.1, -0.05) is 24.3 Å². The topological polar surface area (TPSA) is 15.9 Å². The summed E-state index contributed by atoms with van der Waals surface area (Å²) in [5, 5.41) is 6.16. The van der Waals surface area contributed by atoms with E-state index in [-0.39, 0.29) is 12.4 Å². The summed E-state index contributed by atoms with van der Waals surface area (Å²) in [5.74, 6) is 0. The van der Waals surface area contributed by atoms with Gasteiger partial charge in [-0.15, -0.1) is 0 Å². The molecule has 3 heteroatoms. The number of halogens is 1. The van der Waals surface area contributed by atoms with Crippen molar-refractivity contribution in [2.75, 3.05) is 5.32 Å². The number of aryl methyl sites for hydroxylation is 1. The van der Waals surface area contributed by atoms with Crippen LogP contribution in [0.3, 0.4) is 0 Å². The molecule has 1 aromatic heterocycles. The third-order valence-electron chi connectivity index (χ3n) is 3.50. The molecule has 0 saturated carbocycles. The van der Waals surface area contributed by atoms with Crippen molar-refractivity contribution in [1.29, 1.82) is 0 Å². The van der Waals surface area contributed by atoms with Crippen LogP contribution in [0.2, 0.25) is 0 Å². The zero-order valence-electron chi connectivity index (χ0n) is 12.0. The minimum atomic E-state index is 0. The Balaban J connectivity index is 0.00000147. The minimum Gasteiger partial charge on any atom is -1.00 e. The third kappa shape index (κ3) is 2.32. The molecule has 0 amide bonds. The number of nitrogens with one attached hydrogen (secondary N) is 1. The Kier molecular flexibility index (Phi) is 4.15. The second-order valence-electron chi connectivity index (χ2n) is 5.27. The first-order valence-electron chi connectivity index (χ1n) is 6.74. The highest BCUT2D eigenvalue weighted by Gasteiger charge is 2.17. The Bertz CT molecular complexity index is 693. The molecule has 20 heavy (non-hydrogen) atoms. The summed E-state index contributed by atoms with van der Waals surface area (Å²) in [6, 6.07) is 17.5. The van der Waals surface area contributed by atoms with Crippen LogP contribution in [0, 0.1) is 0 Å². The van der Waals surface area contributed by atoms with Crippen molar-refractivity contribution < 1.29 is 17.0 Å². The van der Waals surface area contributed by atoms with Gasteiger partial charge in [0, 0.05) is 18.2 Å². The van der Waals surface area contributed by atoms with Crippen molar-refractivity contribution in [2.24, 2.45) is 7.05 Å². The van der Waals surface area contributed by atoms with Crippen LogP contribution in [0.1, 0.15) is 13.8 Å². The summed E-state index contributed by atoms with van der Waals surface area (Å²) < 4.78 is 2.26. The fourth-order valence-electron chi connectivity index (χ4n) is 2.67. The second-order valence-corrected chi connectivity index (χ2v) is 5.27. The SMILES string of the molecule is CC(C)Nc1c2ccccc2[n+](C)c2ccccc12.[Cl-]. The average molecular weight is 287 g/mol. The average Bonchev–Trinajstić information content (AvgIpc) is 2.43. The van der Waals surface area contributed by atoms with Gasteiger partial charge in [0.2, 0.25) is 11.0 Å². The van der Waals surface area contributed by atoms with Crippen LogP contribution in [-0.2, 0) is 7.05 Å². The fourth-order valence-corrected chi connectivity index (χ4v) is 2.67. The van der Waals surface area contributed by atoms with Crippen molar-refractivity contribution in [1.82, 2.24) is 0 Å². The number of benzene rings is 2. The molecule has 0 aliphatic rings. The Labute approximate surface area is 125 Å². The summed E-state index contributed by atoms with van der Waals surface area (Å²) in [7, 11) is 2.13. The quantitative estimate of drug-likeness (QED) is 0.540. The predicted octanol–water partition coefficient (Wildman–Crippen LogP) is 0.642. The van der Waals surface area contributed by atoms with E-state index < -0.39 is 0 Å². The van der Waals surface area contributed by atoms with Gasteiger partial charge in [-0.05, 0) is 26.0 Å². The van der Waals surface area contributed by atoms with E-state index in [9.17, 15) is 0 Å². The largest absolute Gasteiger partial charge is 1.00 e. The van der Waals surface area contributed by atoms with Crippen LogP contribution < -0.4 is 22.3 Å². The Morgan fingerprint density at radius 3 is 1.75 bits per heavy atom. The van der Waals surface area contributed by atoms with E-state index >= 15 is 0 Å². The molecule has 2 nitrogen and oxygen atoms in total. The summed E-state index contributed by atoms with van der Waals surface area (Å²) in [5.41, 5.74) is 3.74. The van der Waals surface area contributed by atoms with Crippen molar-refractivity contribution in [3.63, 3.8) is 0 Å². The molecule has 0 spiro atoms. The molecule has 0 atom stereocenters. The van der Waals surface area contributed by atoms with Gasteiger partial charge in [0.05, 0.1) is 16.5 Å². The Morgan fingerprint density at radius 1 is 0.850 bits per heavy atom. The fraction of sp³-hybridized carbons (Fsp3) is 0.235. The van der Waals surface area contributed by atoms with Gasteiger partial charge in [-0.25, -0.2) is 0 Å². The lowest BCUT2D eigenvalue weighted by molar-refractivity contribution is -0.617. The maximum atomic E-state index is 3.60. The van der Waals surface area contributed by atoms with Gasteiger partial charge < -0.3 is 17.7 Å². The van der Waals surface area contributed by atoms with Crippen LogP contribution in [0.4, 0.5) is 5.69 Å². The molecule has 0 fully saturated rings. The first kappa shape index (κ1) is 14.6. The molecule has 0 aliphatic heterocycles. The molecule has 1 heterocycles. The van der Waals surface area contributed by atoms with Gasteiger partial charge in [0.25, 0.3) is 0 Å². The smallest absolute Gasteiger partial charge is 0.214 e. The molecule has 3 aromatic rings. The van der Waals surface area contributed by atoms with Crippen LogP contribution in [0.25, 0.3) is 21.8 Å². The lowest BCUT2D eigenvalue weighted by atomic mass is 10.1. The second kappa shape index (κ2) is 5.68.